The predicted molar refractivity (Wildman–Crippen MR) is 101 cm³/mol. The molecule has 2 aromatic carbocycles. The molecular formula is C21H18F3N3O. The highest BCUT2D eigenvalue weighted by Crippen LogP contribution is 2.32. The van der Waals surface area contributed by atoms with Crippen LogP contribution in [0.25, 0.3) is 22.5 Å². The van der Waals surface area contributed by atoms with Gasteiger partial charge in [-0.25, -0.2) is 9.97 Å². The van der Waals surface area contributed by atoms with Crippen LogP contribution in [0.5, 0.6) is 0 Å². The zero-order chi connectivity index (χ0) is 19.6. The summed E-state index contributed by atoms with van der Waals surface area (Å²) >= 11 is 0. The van der Waals surface area contributed by atoms with E-state index in [-0.39, 0.29) is 0 Å². The van der Waals surface area contributed by atoms with Gasteiger partial charge in [-0.2, -0.15) is 13.2 Å². The predicted octanol–water partition coefficient (Wildman–Crippen LogP) is 4.67. The second-order valence-corrected chi connectivity index (χ2v) is 6.48. The quantitative estimate of drug-likeness (QED) is 0.657. The molecule has 0 amide bonds. The number of benzene rings is 2. The second-order valence-electron chi connectivity index (χ2n) is 6.48. The lowest BCUT2D eigenvalue weighted by Gasteiger charge is -2.27. The SMILES string of the molecule is FC(F)(F)c1ccc(-c2cc(-c3ccccc3)nc(N3CCOCC3)n2)cc1. The van der Waals surface area contributed by atoms with E-state index in [1.165, 1.54) is 12.1 Å². The van der Waals surface area contributed by atoms with Gasteiger partial charge in [0.25, 0.3) is 0 Å². The van der Waals surface area contributed by atoms with E-state index in [1.807, 2.05) is 41.3 Å². The molecule has 0 radical (unpaired) electrons. The fourth-order valence-corrected chi connectivity index (χ4v) is 3.07. The van der Waals surface area contributed by atoms with Gasteiger partial charge in [0.05, 0.1) is 30.2 Å². The second kappa shape index (κ2) is 7.59. The Hall–Kier alpha value is -2.93. The van der Waals surface area contributed by atoms with E-state index < -0.39 is 11.7 Å². The van der Waals surface area contributed by atoms with E-state index >= 15 is 0 Å². The summed E-state index contributed by atoms with van der Waals surface area (Å²) in [5.41, 5.74) is 2.17. The number of halogens is 3. The Balaban J connectivity index is 1.77. The molecular weight excluding hydrogens is 367 g/mol. The number of alkyl halides is 3. The van der Waals surface area contributed by atoms with Crippen LogP contribution < -0.4 is 4.90 Å². The van der Waals surface area contributed by atoms with Crippen LogP contribution in [0.2, 0.25) is 0 Å². The van der Waals surface area contributed by atoms with Gasteiger partial charge in [-0.15, -0.1) is 0 Å². The summed E-state index contributed by atoms with van der Waals surface area (Å²) in [5.74, 6) is 0.555. The number of hydrogen-bond acceptors (Lipinski definition) is 4. The fraction of sp³-hybridized carbons (Fsp3) is 0.238. The number of aromatic nitrogens is 2. The molecule has 1 aliphatic rings. The Bertz CT molecular complexity index is 937. The van der Waals surface area contributed by atoms with Crippen molar-refractivity contribution < 1.29 is 17.9 Å². The third-order valence-electron chi connectivity index (χ3n) is 4.59. The average molecular weight is 385 g/mol. The van der Waals surface area contributed by atoms with Crippen molar-refractivity contribution >= 4 is 5.95 Å². The molecule has 1 aromatic heterocycles. The van der Waals surface area contributed by atoms with Crippen LogP contribution in [0.3, 0.4) is 0 Å². The number of hydrogen-bond donors (Lipinski definition) is 0. The zero-order valence-electron chi connectivity index (χ0n) is 15.0. The molecule has 0 spiro atoms. The first kappa shape index (κ1) is 18.4. The molecule has 4 nitrogen and oxygen atoms in total. The van der Waals surface area contributed by atoms with Crippen molar-refractivity contribution in [2.24, 2.45) is 0 Å². The van der Waals surface area contributed by atoms with Gasteiger partial charge in [-0.3, -0.25) is 0 Å². The van der Waals surface area contributed by atoms with Gasteiger partial charge in [-0.1, -0.05) is 42.5 Å². The summed E-state index contributed by atoms with van der Waals surface area (Å²) in [6.07, 6.45) is -4.36. The molecule has 1 aliphatic heterocycles. The van der Waals surface area contributed by atoms with Crippen LogP contribution in [0.1, 0.15) is 5.56 Å². The van der Waals surface area contributed by atoms with Crippen molar-refractivity contribution in [1.82, 2.24) is 9.97 Å². The third kappa shape index (κ3) is 3.99. The maximum Gasteiger partial charge on any atom is 0.416 e. The molecule has 0 unspecified atom stereocenters. The van der Waals surface area contributed by atoms with E-state index in [4.69, 9.17) is 4.74 Å². The molecule has 4 rings (SSSR count). The molecule has 28 heavy (non-hydrogen) atoms. The van der Waals surface area contributed by atoms with Gasteiger partial charge in [0.15, 0.2) is 0 Å². The van der Waals surface area contributed by atoms with Gasteiger partial charge in [0.1, 0.15) is 0 Å². The number of ether oxygens (including phenoxy) is 1. The minimum atomic E-state index is -4.36. The lowest BCUT2D eigenvalue weighted by molar-refractivity contribution is -0.137. The van der Waals surface area contributed by atoms with Crippen LogP contribution in [0, 0.1) is 0 Å². The molecule has 0 bridgehead atoms. The average Bonchev–Trinajstić information content (AvgIpc) is 2.74. The molecule has 7 heteroatoms. The highest BCUT2D eigenvalue weighted by atomic mass is 19.4. The molecule has 3 aromatic rings. The van der Waals surface area contributed by atoms with Crippen molar-refractivity contribution in [3.63, 3.8) is 0 Å². The number of nitrogens with zero attached hydrogens (tertiary/aromatic N) is 3. The first-order valence-corrected chi connectivity index (χ1v) is 8.95. The Kier molecular flexibility index (Phi) is 5.00. The van der Waals surface area contributed by atoms with Gasteiger partial charge < -0.3 is 9.64 Å². The molecule has 2 heterocycles. The Labute approximate surface area is 160 Å². The number of anilines is 1. The van der Waals surface area contributed by atoms with E-state index in [9.17, 15) is 13.2 Å². The largest absolute Gasteiger partial charge is 0.416 e. The van der Waals surface area contributed by atoms with Crippen molar-refractivity contribution in [2.75, 3.05) is 31.2 Å². The minimum Gasteiger partial charge on any atom is -0.378 e. The van der Waals surface area contributed by atoms with Gasteiger partial charge >= 0.3 is 6.18 Å². The Morgan fingerprint density at radius 1 is 0.786 bits per heavy atom. The molecule has 144 valence electrons. The standard InChI is InChI=1S/C21H18F3N3O/c22-21(23,24)17-8-6-16(7-9-17)19-14-18(15-4-2-1-3-5-15)25-20(26-19)27-10-12-28-13-11-27/h1-9,14H,10-13H2. The maximum absolute atomic E-state index is 12.9. The van der Waals surface area contributed by atoms with Crippen molar-refractivity contribution in [1.29, 1.82) is 0 Å². The first-order valence-electron chi connectivity index (χ1n) is 8.95. The monoisotopic (exact) mass is 385 g/mol. The van der Waals surface area contributed by atoms with Gasteiger partial charge in [0, 0.05) is 24.2 Å². The van der Waals surface area contributed by atoms with Gasteiger partial charge in [0.2, 0.25) is 5.95 Å². The van der Waals surface area contributed by atoms with Crippen LogP contribution >= 0.6 is 0 Å². The molecule has 0 aliphatic carbocycles. The summed E-state index contributed by atoms with van der Waals surface area (Å²) in [5, 5.41) is 0. The third-order valence-corrected chi connectivity index (χ3v) is 4.59. The fourth-order valence-electron chi connectivity index (χ4n) is 3.07. The topological polar surface area (TPSA) is 38.2 Å². The zero-order valence-corrected chi connectivity index (χ0v) is 15.0. The van der Waals surface area contributed by atoms with E-state index in [2.05, 4.69) is 9.97 Å². The van der Waals surface area contributed by atoms with Crippen LogP contribution in [0.15, 0.2) is 60.7 Å². The van der Waals surface area contributed by atoms with E-state index in [0.29, 0.717) is 43.5 Å². The minimum absolute atomic E-state index is 0.555. The summed E-state index contributed by atoms with van der Waals surface area (Å²) in [6, 6.07) is 16.5. The summed E-state index contributed by atoms with van der Waals surface area (Å²) in [4.78, 5) is 11.3. The first-order chi connectivity index (χ1) is 13.5. The molecule has 0 atom stereocenters. The van der Waals surface area contributed by atoms with Gasteiger partial charge in [-0.05, 0) is 18.2 Å². The Morgan fingerprint density at radius 2 is 1.36 bits per heavy atom. The Morgan fingerprint density at radius 3 is 1.93 bits per heavy atom. The molecule has 1 fully saturated rings. The van der Waals surface area contributed by atoms with Crippen LogP contribution in [-0.2, 0) is 10.9 Å². The smallest absolute Gasteiger partial charge is 0.378 e. The number of morpholine rings is 1. The normalized spacial score (nSPS) is 14.9. The molecule has 0 saturated carbocycles. The van der Waals surface area contributed by atoms with E-state index in [0.717, 1.165) is 23.4 Å². The summed E-state index contributed by atoms with van der Waals surface area (Å²) in [6.45, 7) is 2.53. The highest BCUT2D eigenvalue weighted by Gasteiger charge is 2.30. The molecule has 1 saturated heterocycles. The highest BCUT2D eigenvalue weighted by molar-refractivity contribution is 5.69. The lowest BCUT2D eigenvalue weighted by atomic mass is 10.1. The van der Waals surface area contributed by atoms with E-state index in [1.54, 1.807) is 0 Å². The summed E-state index contributed by atoms with van der Waals surface area (Å²) in [7, 11) is 0. The maximum atomic E-state index is 12.9. The summed E-state index contributed by atoms with van der Waals surface area (Å²) < 4.78 is 44.0. The van der Waals surface area contributed by atoms with Crippen molar-refractivity contribution in [2.45, 2.75) is 6.18 Å². The molecule has 0 N–H and O–H groups in total. The number of rotatable bonds is 3. The van der Waals surface area contributed by atoms with Crippen molar-refractivity contribution in [3.8, 4) is 22.5 Å². The van der Waals surface area contributed by atoms with Crippen LogP contribution in [-0.4, -0.2) is 36.3 Å². The van der Waals surface area contributed by atoms with Crippen molar-refractivity contribution in [3.05, 3.63) is 66.2 Å². The lowest BCUT2D eigenvalue weighted by Crippen LogP contribution is -2.37. The van der Waals surface area contributed by atoms with Crippen LogP contribution in [0.4, 0.5) is 19.1 Å².